The minimum absolute atomic E-state index is 0.0977. The number of hydrogen-bond acceptors (Lipinski definition) is 3. The SMILES string of the molecule is O=C(c1ccnn1-c1ccccc1Cl)N(CCNc1cccc2ccccc12)C(F)(F)F. The molecule has 1 N–H and O–H groups in total. The van der Waals surface area contributed by atoms with E-state index in [1.807, 2.05) is 36.4 Å². The summed E-state index contributed by atoms with van der Waals surface area (Å²) in [5.74, 6) is -1.21. The van der Waals surface area contributed by atoms with Crippen molar-refractivity contribution < 1.29 is 18.0 Å². The lowest BCUT2D eigenvalue weighted by Crippen LogP contribution is -2.46. The van der Waals surface area contributed by atoms with Crippen molar-refractivity contribution in [3.05, 3.63) is 89.7 Å². The highest BCUT2D eigenvalue weighted by atomic mass is 35.5. The van der Waals surface area contributed by atoms with E-state index in [0.29, 0.717) is 11.4 Å². The second kappa shape index (κ2) is 8.92. The summed E-state index contributed by atoms with van der Waals surface area (Å²) in [5, 5.41) is 9.12. The highest BCUT2D eigenvalue weighted by Crippen LogP contribution is 2.27. The number of nitrogens with one attached hydrogen (secondary N) is 1. The monoisotopic (exact) mass is 458 g/mol. The van der Waals surface area contributed by atoms with Crippen LogP contribution in [0.2, 0.25) is 5.02 Å². The van der Waals surface area contributed by atoms with Crippen molar-refractivity contribution in [2.45, 2.75) is 6.30 Å². The van der Waals surface area contributed by atoms with Gasteiger partial charge in [0.15, 0.2) is 0 Å². The molecule has 1 amide bonds. The van der Waals surface area contributed by atoms with Crippen molar-refractivity contribution in [2.75, 3.05) is 18.4 Å². The Balaban J connectivity index is 1.56. The van der Waals surface area contributed by atoms with E-state index in [4.69, 9.17) is 11.6 Å². The van der Waals surface area contributed by atoms with E-state index in [-0.39, 0.29) is 22.2 Å². The molecule has 1 heterocycles. The lowest BCUT2D eigenvalue weighted by atomic mass is 10.1. The van der Waals surface area contributed by atoms with Crippen molar-refractivity contribution in [3.8, 4) is 5.69 Å². The predicted molar refractivity (Wildman–Crippen MR) is 118 cm³/mol. The Morgan fingerprint density at radius 1 is 1.00 bits per heavy atom. The molecule has 1 aromatic heterocycles. The number of alkyl halides is 3. The van der Waals surface area contributed by atoms with Gasteiger partial charge < -0.3 is 5.32 Å². The maximum Gasteiger partial charge on any atom is 0.487 e. The molecule has 0 atom stereocenters. The van der Waals surface area contributed by atoms with Crippen LogP contribution in [0.4, 0.5) is 18.9 Å². The first-order chi connectivity index (χ1) is 15.4. The fourth-order valence-corrected chi connectivity index (χ4v) is 3.66. The van der Waals surface area contributed by atoms with Crippen LogP contribution in [-0.2, 0) is 0 Å². The number of fused-ring (bicyclic) bond motifs is 1. The van der Waals surface area contributed by atoms with E-state index >= 15 is 0 Å². The Labute approximate surface area is 187 Å². The summed E-state index contributed by atoms with van der Waals surface area (Å²) in [7, 11) is 0. The predicted octanol–water partition coefficient (Wildman–Crippen LogP) is 5.75. The van der Waals surface area contributed by atoms with Crippen LogP contribution in [0.3, 0.4) is 0 Å². The number of halogens is 4. The number of amides is 1. The molecular weight excluding hydrogens is 441 g/mol. The zero-order valence-corrected chi connectivity index (χ0v) is 17.4. The summed E-state index contributed by atoms with van der Waals surface area (Å²) in [6.07, 6.45) is -3.60. The molecule has 4 rings (SSSR count). The van der Waals surface area contributed by atoms with Gasteiger partial charge in [-0.1, -0.05) is 60.1 Å². The number of rotatable bonds is 6. The largest absolute Gasteiger partial charge is 0.487 e. The highest BCUT2D eigenvalue weighted by Gasteiger charge is 2.42. The summed E-state index contributed by atoms with van der Waals surface area (Å²) in [4.78, 5) is 12.8. The van der Waals surface area contributed by atoms with Gasteiger partial charge >= 0.3 is 6.30 Å². The highest BCUT2D eigenvalue weighted by molar-refractivity contribution is 6.32. The average molecular weight is 459 g/mol. The number of benzene rings is 3. The van der Waals surface area contributed by atoms with Crippen molar-refractivity contribution in [3.63, 3.8) is 0 Å². The summed E-state index contributed by atoms with van der Waals surface area (Å²) in [6, 6.07) is 20.8. The maximum absolute atomic E-state index is 13.8. The third-order valence-corrected chi connectivity index (χ3v) is 5.25. The summed E-state index contributed by atoms with van der Waals surface area (Å²) < 4.78 is 42.4. The molecule has 4 aromatic rings. The number of nitrogens with zero attached hydrogens (tertiary/aromatic N) is 3. The topological polar surface area (TPSA) is 50.2 Å². The van der Waals surface area contributed by atoms with Crippen LogP contribution < -0.4 is 5.32 Å². The fraction of sp³-hybridized carbons (Fsp3) is 0.130. The molecule has 9 heteroatoms. The zero-order valence-electron chi connectivity index (χ0n) is 16.7. The third kappa shape index (κ3) is 4.40. The molecule has 0 saturated heterocycles. The first-order valence-corrected chi connectivity index (χ1v) is 10.1. The molecule has 0 bridgehead atoms. The van der Waals surface area contributed by atoms with Crippen molar-refractivity contribution in [2.24, 2.45) is 0 Å². The third-order valence-electron chi connectivity index (χ3n) is 4.93. The van der Waals surface area contributed by atoms with Crippen LogP contribution in [-0.4, -0.2) is 40.0 Å². The molecule has 0 unspecified atom stereocenters. The zero-order chi connectivity index (χ0) is 22.7. The number of anilines is 1. The van der Waals surface area contributed by atoms with Crippen LogP contribution in [0.15, 0.2) is 79.0 Å². The lowest BCUT2D eigenvalue weighted by Gasteiger charge is -2.25. The van der Waals surface area contributed by atoms with Gasteiger partial charge in [0, 0.05) is 24.2 Å². The van der Waals surface area contributed by atoms with E-state index in [0.717, 1.165) is 15.5 Å². The number of para-hydroxylation sites is 1. The summed E-state index contributed by atoms with van der Waals surface area (Å²) in [6.45, 7) is -0.682. The molecule has 0 fully saturated rings. The number of carbonyl (C=O) groups excluding carboxylic acids is 1. The Morgan fingerprint density at radius 3 is 2.50 bits per heavy atom. The Kier molecular flexibility index (Phi) is 6.05. The molecule has 0 aliphatic heterocycles. The number of carbonyl (C=O) groups is 1. The molecule has 0 aliphatic rings. The first-order valence-electron chi connectivity index (χ1n) is 9.75. The average Bonchev–Trinajstić information content (AvgIpc) is 3.25. The quantitative estimate of drug-likeness (QED) is 0.374. The molecular formula is C23H18ClF3N4O. The van der Waals surface area contributed by atoms with E-state index in [1.165, 1.54) is 12.3 Å². The van der Waals surface area contributed by atoms with Crippen LogP contribution in [0.25, 0.3) is 16.5 Å². The van der Waals surface area contributed by atoms with Gasteiger partial charge in [0.25, 0.3) is 5.91 Å². The normalized spacial score (nSPS) is 11.5. The van der Waals surface area contributed by atoms with Crippen LogP contribution >= 0.6 is 11.6 Å². The van der Waals surface area contributed by atoms with Gasteiger partial charge in [-0.25, -0.2) is 9.58 Å². The summed E-state index contributed by atoms with van der Waals surface area (Å²) in [5.41, 5.74) is 0.776. The first kappa shape index (κ1) is 21.7. The Bertz CT molecular complexity index is 1250. The number of aromatic nitrogens is 2. The van der Waals surface area contributed by atoms with Gasteiger partial charge in [0.2, 0.25) is 0 Å². The molecule has 3 aromatic carbocycles. The Hall–Kier alpha value is -3.52. The van der Waals surface area contributed by atoms with Crippen LogP contribution in [0.5, 0.6) is 0 Å². The number of hydrogen-bond donors (Lipinski definition) is 1. The van der Waals surface area contributed by atoms with Gasteiger partial charge in [-0.2, -0.15) is 5.10 Å². The van der Waals surface area contributed by atoms with Gasteiger partial charge in [0.1, 0.15) is 5.69 Å². The Morgan fingerprint density at radius 2 is 1.72 bits per heavy atom. The van der Waals surface area contributed by atoms with E-state index < -0.39 is 18.8 Å². The minimum atomic E-state index is -4.87. The minimum Gasteiger partial charge on any atom is -0.383 e. The molecule has 0 radical (unpaired) electrons. The molecule has 164 valence electrons. The smallest absolute Gasteiger partial charge is 0.383 e. The second-order valence-corrected chi connectivity index (χ2v) is 7.36. The molecule has 0 spiro atoms. The van der Waals surface area contributed by atoms with E-state index in [1.54, 1.807) is 30.3 Å². The van der Waals surface area contributed by atoms with Gasteiger partial charge in [0.05, 0.1) is 16.9 Å². The van der Waals surface area contributed by atoms with Gasteiger partial charge in [-0.3, -0.25) is 4.79 Å². The van der Waals surface area contributed by atoms with Crippen molar-refractivity contribution >= 4 is 34.0 Å². The van der Waals surface area contributed by atoms with Crippen molar-refractivity contribution in [1.29, 1.82) is 0 Å². The van der Waals surface area contributed by atoms with Gasteiger partial charge in [-0.05, 0) is 29.7 Å². The lowest BCUT2D eigenvalue weighted by molar-refractivity contribution is -0.223. The summed E-state index contributed by atoms with van der Waals surface area (Å²) >= 11 is 6.14. The van der Waals surface area contributed by atoms with E-state index in [2.05, 4.69) is 10.4 Å². The standard InChI is InChI=1S/C23H18ClF3N4O/c24-18-9-3-4-11-20(18)31-21(12-13-29-31)22(32)30(23(25,26)27)15-14-28-19-10-5-7-16-6-1-2-8-17(16)19/h1-13,28H,14-15H2. The van der Waals surface area contributed by atoms with E-state index in [9.17, 15) is 18.0 Å². The molecule has 0 saturated carbocycles. The van der Waals surface area contributed by atoms with Crippen molar-refractivity contribution in [1.82, 2.24) is 14.7 Å². The van der Waals surface area contributed by atoms with Crippen LogP contribution in [0, 0.1) is 0 Å². The molecule has 5 nitrogen and oxygen atoms in total. The fourth-order valence-electron chi connectivity index (χ4n) is 3.44. The van der Waals surface area contributed by atoms with Crippen LogP contribution in [0.1, 0.15) is 10.5 Å². The molecule has 0 aliphatic carbocycles. The maximum atomic E-state index is 13.8. The molecule has 32 heavy (non-hydrogen) atoms. The second-order valence-electron chi connectivity index (χ2n) is 6.96. The van der Waals surface area contributed by atoms with Gasteiger partial charge in [-0.15, -0.1) is 13.2 Å².